The van der Waals surface area contributed by atoms with Crippen LogP contribution in [0.3, 0.4) is 0 Å². The van der Waals surface area contributed by atoms with Gasteiger partial charge in [0.05, 0.1) is 26.0 Å². The smallest absolute Gasteiger partial charge is 0.251 e. The second-order valence-corrected chi connectivity index (χ2v) is 5.27. The number of carbonyl (C=O) groups excluding carboxylic acids is 1. The minimum absolute atomic E-state index is 0.0638. The molecule has 0 aliphatic rings. The molecule has 0 unspecified atom stereocenters. The van der Waals surface area contributed by atoms with E-state index in [0.29, 0.717) is 31.9 Å². The van der Waals surface area contributed by atoms with Crippen LogP contribution in [-0.4, -0.2) is 40.7 Å². The zero-order valence-electron chi connectivity index (χ0n) is 13.3. The lowest BCUT2D eigenvalue weighted by Crippen LogP contribution is -2.27. The quantitative estimate of drug-likeness (QED) is 0.790. The minimum atomic E-state index is -0.0638. The highest BCUT2D eigenvalue weighted by Crippen LogP contribution is 2.15. The molecule has 0 fully saturated rings. The Labute approximate surface area is 130 Å². The van der Waals surface area contributed by atoms with Crippen LogP contribution in [0.25, 0.3) is 0 Å². The molecule has 118 valence electrons. The van der Waals surface area contributed by atoms with Gasteiger partial charge in [-0.2, -0.15) is 0 Å². The molecule has 2 rings (SSSR count). The fraction of sp³-hybridized carbons (Fsp3) is 0.438. The van der Waals surface area contributed by atoms with Gasteiger partial charge in [-0.1, -0.05) is 5.21 Å². The van der Waals surface area contributed by atoms with E-state index in [9.17, 15) is 4.79 Å². The molecule has 1 heterocycles. The number of benzene rings is 1. The lowest BCUT2D eigenvalue weighted by Gasteiger charge is -2.10. The van der Waals surface area contributed by atoms with Crippen LogP contribution in [0.2, 0.25) is 0 Å². The van der Waals surface area contributed by atoms with Crippen molar-refractivity contribution < 1.29 is 9.53 Å². The van der Waals surface area contributed by atoms with Crippen molar-refractivity contribution in [3.05, 3.63) is 46.8 Å². The largest absolute Gasteiger partial charge is 0.378 e. The maximum absolute atomic E-state index is 12.1. The molecule has 6 nitrogen and oxygen atoms in total. The van der Waals surface area contributed by atoms with Gasteiger partial charge in [0.15, 0.2) is 0 Å². The fourth-order valence-corrected chi connectivity index (χ4v) is 2.12. The van der Waals surface area contributed by atoms with Crippen LogP contribution >= 0.6 is 0 Å². The van der Waals surface area contributed by atoms with Crippen LogP contribution in [0.4, 0.5) is 0 Å². The molecule has 0 saturated heterocycles. The molecule has 2 aromatic rings. The van der Waals surface area contributed by atoms with Gasteiger partial charge in [0.25, 0.3) is 5.91 Å². The number of hydrogen-bond donors (Lipinski definition) is 1. The predicted octanol–water partition coefficient (Wildman–Crippen LogP) is 1.65. The summed E-state index contributed by atoms with van der Waals surface area (Å²) in [5.74, 6) is -0.0638. The average Bonchev–Trinajstić information content (AvgIpc) is 3.00. The molecule has 0 spiro atoms. The molecular formula is C16H22N4O2. The van der Waals surface area contributed by atoms with Gasteiger partial charge in [-0.15, -0.1) is 5.10 Å². The Hall–Kier alpha value is -2.21. The van der Waals surface area contributed by atoms with Gasteiger partial charge in [-0.3, -0.25) is 9.48 Å². The van der Waals surface area contributed by atoms with Gasteiger partial charge in [0.1, 0.15) is 0 Å². The number of nitrogens with one attached hydrogen (secondary N) is 1. The minimum Gasteiger partial charge on any atom is -0.378 e. The first kappa shape index (κ1) is 16.2. The van der Waals surface area contributed by atoms with E-state index in [4.69, 9.17) is 4.74 Å². The predicted molar refractivity (Wildman–Crippen MR) is 83.8 cm³/mol. The Balaban J connectivity index is 1.69. The third-order valence-corrected chi connectivity index (χ3v) is 3.66. The monoisotopic (exact) mass is 302 g/mol. The number of rotatable bonds is 7. The van der Waals surface area contributed by atoms with E-state index in [1.165, 1.54) is 5.56 Å². The summed E-state index contributed by atoms with van der Waals surface area (Å²) in [6.45, 7) is 8.27. The van der Waals surface area contributed by atoms with Crippen molar-refractivity contribution in [2.75, 3.05) is 19.8 Å². The van der Waals surface area contributed by atoms with Crippen molar-refractivity contribution in [1.29, 1.82) is 0 Å². The van der Waals surface area contributed by atoms with E-state index in [-0.39, 0.29) is 5.91 Å². The van der Waals surface area contributed by atoms with Crippen LogP contribution in [-0.2, 0) is 11.3 Å². The normalized spacial score (nSPS) is 10.7. The summed E-state index contributed by atoms with van der Waals surface area (Å²) in [6.07, 6.45) is 3.42. The maximum atomic E-state index is 12.1. The molecular weight excluding hydrogens is 280 g/mol. The lowest BCUT2D eigenvalue weighted by molar-refractivity contribution is 0.0905. The zero-order valence-corrected chi connectivity index (χ0v) is 13.3. The number of amides is 1. The van der Waals surface area contributed by atoms with Crippen LogP contribution in [0.1, 0.15) is 27.0 Å². The second-order valence-electron chi connectivity index (χ2n) is 5.27. The average molecular weight is 302 g/mol. The summed E-state index contributed by atoms with van der Waals surface area (Å²) in [4.78, 5) is 12.1. The SMILES string of the molecule is Cc1cc(C(=O)NCCOCCn2ccnn2)cc(C)c1C. The Morgan fingerprint density at radius 3 is 2.59 bits per heavy atom. The van der Waals surface area contributed by atoms with E-state index in [0.717, 1.165) is 11.1 Å². The number of carbonyl (C=O) groups is 1. The molecule has 0 aliphatic carbocycles. The number of aryl methyl sites for hydroxylation is 2. The van der Waals surface area contributed by atoms with Crippen molar-refractivity contribution in [1.82, 2.24) is 20.3 Å². The van der Waals surface area contributed by atoms with Crippen LogP contribution in [0.5, 0.6) is 0 Å². The number of aromatic nitrogens is 3. The van der Waals surface area contributed by atoms with E-state index < -0.39 is 0 Å². The molecule has 6 heteroatoms. The summed E-state index contributed by atoms with van der Waals surface area (Å²) in [7, 11) is 0. The molecule has 0 aliphatic heterocycles. The molecule has 0 saturated carbocycles. The summed E-state index contributed by atoms with van der Waals surface area (Å²) in [6, 6.07) is 3.84. The standard InChI is InChI=1S/C16H22N4O2/c1-12-10-15(11-13(2)14(12)3)16(21)17-5-8-22-9-7-20-6-4-18-19-20/h4,6,10-11H,5,7-9H2,1-3H3,(H,17,21). The van der Waals surface area contributed by atoms with Crippen molar-refractivity contribution in [3.63, 3.8) is 0 Å². The van der Waals surface area contributed by atoms with Crippen molar-refractivity contribution in [2.45, 2.75) is 27.3 Å². The van der Waals surface area contributed by atoms with Gasteiger partial charge >= 0.3 is 0 Å². The van der Waals surface area contributed by atoms with Crippen molar-refractivity contribution >= 4 is 5.91 Å². The number of ether oxygens (including phenoxy) is 1. The first-order chi connectivity index (χ1) is 10.6. The highest BCUT2D eigenvalue weighted by atomic mass is 16.5. The topological polar surface area (TPSA) is 69.0 Å². The fourth-order valence-electron chi connectivity index (χ4n) is 2.12. The zero-order chi connectivity index (χ0) is 15.9. The summed E-state index contributed by atoms with van der Waals surface area (Å²) in [5.41, 5.74) is 4.19. The molecule has 22 heavy (non-hydrogen) atoms. The van der Waals surface area contributed by atoms with Crippen LogP contribution in [0, 0.1) is 20.8 Å². The molecule has 1 N–H and O–H groups in total. The van der Waals surface area contributed by atoms with Gasteiger partial charge in [-0.05, 0) is 49.6 Å². The Morgan fingerprint density at radius 1 is 1.23 bits per heavy atom. The highest BCUT2D eigenvalue weighted by Gasteiger charge is 2.08. The number of nitrogens with zero attached hydrogens (tertiary/aromatic N) is 3. The van der Waals surface area contributed by atoms with Gasteiger partial charge < -0.3 is 10.1 Å². The number of hydrogen-bond acceptors (Lipinski definition) is 4. The Morgan fingerprint density at radius 2 is 1.95 bits per heavy atom. The Bertz CT molecular complexity index is 600. The molecule has 1 aromatic carbocycles. The summed E-state index contributed by atoms with van der Waals surface area (Å²) < 4.78 is 7.16. The summed E-state index contributed by atoms with van der Waals surface area (Å²) >= 11 is 0. The van der Waals surface area contributed by atoms with Gasteiger partial charge in [-0.25, -0.2) is 0 Å². The molecule has 0 radical (unpaired) electrons. The van der Waals surface area contributed by atoms with E-state index in [1.807, 2.05) is 26.0 Å². The van der Waals surface area contributed by atoms with Crippen LogP contribution in [0.15, 0.2) is 24.5 Å². The molecule has 0 bridgehead atoms. The van der Waals surface area contributed by atoms with E-state index in [2.05, 4.69) is 22.6 Å². The lowest BCUT2D eigenvalue weighted by atomic mass is 10.0. The highest BCUT2D eigenvalue weighted by molar-refractivity contribution is 5.94. The molecule has 1 amide bonds. The molecule has 1 aromatic heterocycles. The van der Waals surface area contributed by atoms with Crippen molar-refractivity contribution in [2.24, 2.45) is 0 Å². The maximum Gasteiger partial charge on any atom is 0.251 e. The third-order valence-electron chi connectivity index (χ3n) is 3.66. The van der Waals surface area contributed by atoms with Gasteiger partial charge in [0, 0.05) is 18.3 Å². The molecule has 0 atom stereocenters. The Kier molecular flexibility index (Phi) is 5.66. The van der Waals surface area contributed by atoms with Gasteiger partial charge in [0.2, 0.25) is 0 Å². The van der Waals surface area contributed by atoms with E-state index >= 15 is 0 Å². The van der Waals surface area contributed by atoms with Crippen molar-refractivity contribution in [3.8, 4) is 0 Å². The summed E-state index contributed by atoms with van der Waals surface area (Å²) in [5, 5.41) is 10.4. The van der Waals surface area contributed by atoms with Crippen LogP contribution < -0.4 is 5.32 Å². The first-order valence-electron chi connectivity index (χ1n) is 7.36. The second kappa shape index (κ2) is 7.70. The first-order valence-corrected chi connectivity index (χ1v) is 7.36. The third kappa shape index (κ3) is 4.39. The van der Waals surface area contributed by atoms with E-state index in [1.54, 1.807) is 17.1 Å².